The number of aromatic nitrogens is 2. The van der Waals surface area contributed by atoms with Crippen LogP contribution in [-0.4, -0.2) is 162 Å². The Morgan fingerprint density at radius 1 is 0.835 bits per heavy atom. The molecular formula is C66H73ClN12O11S. The fourth-order valence-corrected chi connectivity index (χ4v) is 14.7. The van der Waals surface area contributed by atoms with Crippen LogP contribution in [0.2, 0.25) is 5.02 Å². The number of rotatable bonds is 19. The van der Waals surface area contributed by atoms with Gasteiger partial charge < -0.3 is 30.2 Å². The molecule has 1 atom stereocenters. The molecule has 1 unspecified atom stereocenters. The number of piperazine rings is 2. The number of aromatic amines is 1. The lowest BCUT2D eigenvalue weighted by Gasteiger charge is -2.42. The molecule has 91 heavy (non-hydrogen) atoms. The minimum absolute atomic E-state index is 0.0165. The maximum absolute atomic E-state index is 14.2. The van der Waals surface area contributed by atoms with Crippen LogP contribution in [0.4, 0.5) is 22.7 Å². The third kappa shape index (κ3) is 13.8. The molecule has 6 aliphatic rings. The number of piperidine rings is 1. The predicted molar refractivity (Wildman–Crippen MR) is 344 cm³/mol. The highest BCUT2D eigenvalue weighted by Crippen LogP contribution is 2.44. The molecule has 4 aliphatic heterocycles. The van der Waals surface area contributed by atoms with Gasteiger partial charge in [0, 0.05) is 131 Å². The topological polar surface area (TPSA) is 282 Å². The molecule has 5 N–H and O–H groups in total. The Hall–Kier alpha value is -8.71. The van der Waals surface area contributed by atoms with Crippen molar-refractivity contribution in [2.24, 2.45) is 11.3 Å². The summed E-state index contributed by atoms with van der Waals surface area (Å²) < 4.78 is 36.6. The highest BCUT2D eigenvalue weighted by molar-refractivity contribution is 7.90. The molecule has 6 amide bonds. The first-order chi connectivity index (χ1) is 43.7. The SMILES string of the molecule is CC1(C)CCC(CN2CCN(c3ccc(C(=O)NS(=O)(=O)c4ccc(NCC5CCC(N6CCN(C(=O)CCNc7cccc8c7C(=O)N(C7CCC(=O)NC7=O)C8=O)CC6)CC5)c([N+](=O)[O-])c4)c(Oc4cnc5[nH]ccc5c4)c3)CC2)=C(c2ccc(Cl)cc2)C1. The number of carbonyl (C=O) groups is 6. The van der Waals surface area contributed by atoms with Crippen LogP contribution in [0.25, 0.3) is 16.6 Å². The Balaban J connectivity index is 0.628. The highest BCUT2D eigenvalue weighted by Gasteiger charge is 2.46. The number of imide groups is 2. The van der Waals surface area contributed by atoms with Crippen molar-refractivity contribution in [2.75, 3.05) is 87.5 Å². The number of nitrogens with zero attached hydrogens (tertiary/aromatic N) is 7. The van der Waals surface area contributed by atoms with Gasteiger partial charge in [-0.1, -0.05) is 49.2 Å². The van der Waals surface area contributed by atoms with Gasteiger partial charge >= 0.3 is 0 Å². The van der Waals surface area contributed by atoms with Gasteiger partial charge in [0.05, 0.1) is 32.7 Å². The summed E-state index contributed by atoms with van der Waals surface area (Å²) in [6.45, 7) is 11.6. The number of pyridine rings is 1. The molecule has 6 aromatic rings. The summed E-state index contributed by atoms with van der Waals surface area (Å²) in [6.07, 6.45) is 10.1. The number of hydrogen-bond donors (Lipinski definition) is 5. The Morgan fingerprint density at radius 2 is 1.60 bits per heavy atom. The Morgan fingerprint density at radius 3 is 2.35 bits per heavy atom. The molecule has 2 aliphatic carbocycles. The molecule has 4 fully saturated rings. The fourth-order valence-electron chi connectivity index (χ4n) is 13.6. The first-order valence-electron chi connectivity index (χ1n) is 31.1. The van der Waals surface area contributed by atoms with Gasteiger partial charge in [-0.25, -0.2) is 18.1 Å². The molecule has 0 spiro atoms. The van der Waals surface area contributed by atoms with E-state index in [2.05, 4.69) is 71.3 Å². The average Bonchev–Trinajstić information content (AvgIpc) is 1.65. The smallest absolute Gasteiger partial charge is 0.293 e. The van der Waals surface area contributed by atoms with Crippen LogP contribution in [0, 0.1) is 21.4 Å². The second-order valence-electron chi connectivity index (χ2n) is 25.3. The summed E-state index contributed by atoms with van der Waals surface area (Å²) in [6, 6.07) is 24.4. The first-order valence-corrected chi connectivity index (χ1v) is 33.0. The monoisotopic (exact) mass is 1280 g/mol. The highest BCUT2D eigenvalue weighted by atomic mass is 35.5. The molecule has 4 aromatic carbocycles. The summed E-state index contributed by atoms with van der Waals surface area (Å²) >= 11 is 6.28. The minimum atomic E-state index is -4.65. The number of nitrogens with one attached hydrogen (secondary N) is 5. The number of amides is 6. The van der Waals surface area contributed by atoms with Crippen LogP contribution < -0.4 is 30.3 Å². The number of nitro benzene ring substituents is 1. The van der Waals surface area contributed by atoms with Gasteiger partial charge in [-0.05, 0) is 134 Å². The molecule has 25 heteroatoms. The van der Waals surface area contributed by atoms with Crippen molar-refractivity contribution < 1.29 is 46.8 Å². The molecule has 1 saturated carbocycles. The van der Waals surface area contributed by atoms with Crippen LogP contribution in [0.5, 0.6) is 11.5 Å². The third-order valence-corrected chi connectivity index (χ3v) is 20.3. The zero-order valence-corrected chi connectivity index (χ0v) is 52.4. The minimum Gasteiger partial charge on any atom is -0.455 e. The van der Waals surface area contributed by atoms with Crippen LogP contribution in [0.3, 0.4) is 0 Å². The Kier molecular flexibility index (Phi) is 18.0. The predicted octanol–water partition coefficient (Wildman–Crippen LogP) is 8.84. The van der Waals surface area contributed by atoms with E-state index in [1.54, 1.807) is 36.5 Å². The van der Waals surface area contributed by atoms with Crippen molar-refractivity contribution in [1.29, 1.82) is 0 Å². The van der Waals surface area contributed by atoms with Gasteiger partial charge in [-0.15, -0.1) is 0 Å². The zero-order valence-electron chi connectivity index (χ0n) is 50.8. The maximum Gasteiger partial charge on any atom is 0.293 e. The van der Waals surface area contributed by atoms with Crippen LogP contribution in [0.15, 0.2) is 114 Å². The van der Waals surface area contributed by atoms with Crippen LogP contribution >= 0.6 is 11.6 Å². The molecule has 2 aromatic heterocycles. The number of nitro groups is 1. The number of benzene rings is 4. The second kappa shape index (κ2) is 26.3. The summed E-state index contributed by atoms with van der Waals surface area (Å²) in [7, 11) is -4.65. The lowest BCUT2D eigenvalue weighted by Crippen LogP contribution is -2.54. The normalized spacial score (nSPS) is 20.8. The Labute approximate surface area is 532 Å². The van der Waals surface area contributed by atoms with E-state index >= 15 is 0 Å². The fraction of sp³-hybridized carbons (Fsp3) is 0.409. The zero-order chi connectivity index (χ0) is 63.7. The number of carbonyl (C=O) groups excluding carboxylic acids is 6. The molecule has 12 rings (SSSR count). The molecule has 476 valence electrons. The molecule has 3 saturated heterocycles. The number of allylic oxidation sites excluding steroid dienone is 1. The number of hydrogen-bond acceptors (Lipinski definition) is 17. The van der Waals surface area contributed by atoms with E-state index in [0.717, 1.165) is 86.6 Å². The number of fused-ring (bicyclic) bond motifs is 2. The molecule has 6 heterocycles. The number of H-pyrrole nitrogens is 1. The molecule has 0 radical (unpaired) electrons. The largest absolute Gasteiger partial charge is 0.455 e. The van der Waals surface area contributed by atoms with Gasteiger partial charge in [0.2, 0.25) is 17.7 Å². The summed E-state index contributed by atoms with van der Waals surface area (Å²) in [5.74, 6) is -2.79. The average molecular weight is 1280 g/mol. The first kappa shape index (κ1) is 62.5. The van der Waals surface area contributed by atoms with Crippen molar-refractivity contribution in [2.45, 2.75) is 95.0 Å². The van der Waals surface area contributed by atoms with Gasteiger partial charge in [-0.3, -0.25) is 58.9 Å². The molecule has 0 bridgehead atoms. The van der Waals surface area contributed by atoms with E-state index in [9.17, 15) is 47.3 Å². The van der Waals surface area contributed by atoms with Crippen LogP contribution in [-0.2, 0) is 24.4 Å². The second-order valence-corrected chi connectivity index (χ2v) is 27.4. The van der Waals surface area contributed by atoms with Crippen molar-refractivity contribution in [3.05, 3.63) is 146 Å². The van der Waals surface area contributed by atoms with Crippen molar-refractivity contribution >= 4 is 96.4 Å². The van der Waals surface area contributed by atoms with E-state index in [4.69, 9.17) is 16.3 Å². The quantitative estimate of drug-likeness (QED) is 0.0287. The lowest BCUT2D eigenvalue weighted by atomic mass is 9.72. The summed E-state index contributed by atoms with van der Waals surface area (Å²) in [5.41, 5.74) is 5.98. The molecule has 23 nitrogen and oxygen atoms in total. The number of ether oxygens (including phenoxy) is 1. The van der Waals surface area contributed by atoms with Crippen molar-refractivity contribution in [3.8, 4) is 11.5 Å². The van der Waals surface area contributed by atoms with Gasteiger partial charge in [0.1, 0.15) is 28.9 Å². The molecular weight excluding hydrogens is 1200 g/mol. The van der Waals surface area contributed by atoms with Crippen LogP contribution in [0.1, 0.15) is 115 Å². The van der Waals surface area contributed by atoms with Crippen molar-refractivity contribution in [1.82, 2.24) is 39.6 Å². The van der Waals surface area contributed by atoms with E-state index in [0.29, 0.717) is 74.0 Å². The lowest BCUT2D eigenvalue weighted by molar-refractivity contribution is -0.384. The van der Waals surface area contributed by atoms with Gasteiger partial charge in [0.25, 0.3) is 33.4 Å². The number of sulfonamides is 1. The number of anilines is 3. The van der Waals surface area contributed by atoms with E-state index in [1.165, 1.54) is 47.2 Å². The summed E-state index contributed by atoms with van der Waals surface area (Å²) in [5, 5.41) is 22.6. The van der Waals surface area contributed by atoms with E-state index in [-0.39, 0.29) is 71.2 Å². The summed E-state index contributed by atoms with van der Waals surface area (Å²) in [4.78, 5) is 107. The van der Waals surface area contributed by atoms with E-state index in [1.807, 2.05) is 23.1 Å². The Bertz CT molecular complexity index is 4000. The number of halogens is 1. The van der Waals surface area contributed by atoms with Gasteiger partial charge in [-0.2, -0.15) is 0 Å². The van der Waals surface area contributed by atoms with Gasteiger partial charge in [0.15, 0.2) is 0 Å². The third-order valence-electron chi connectivity index (χ3n) is 18.7. The standard InChI is InChI=1S/C66H73ClN12O11S/c1-66(2)23-20-44(52(37-66)42-8-10-45(67)11-9-42)40-74-26-28-76(29-27-74)47-14-16-50(57(35-47)90-48-34-43-21-24-69-61(43)71-39-48)62(82)73-91(88,89)49-15-17-53(56(36-49)79(86)87)70-38-41-6-12-46(13-7-41)75-30-32-77(33-31-75)59(81)22-25-68-54-5-3-4-51-60(54)65(85)78(64(51)84)55-18-19-58(80)72-63(55)83/h3-5,8-11,14-17,21,24,34-36,39,41,46,55,68,70H,6-7,12-13,18-20,22-23,25-33,37-38,40H2,1-2H3,(H,69,71)(H,73,82)(H,72,80,83). The maximum atomic E-state index is 14.2. The van der Waals surface area contributed by atoms with E-state index < -0.39 is 61.1 Å². The van der Waals surface area contributed by atoms with Crippen molar-refractivity contribution in [3.63, 3.8) is 0 Å².